The van der Waals surface area contributed by atoms with Gasteiger partial charge in [-0.2, -0.15) is 0 Å². The van der Waals surface area contributed by atoms with Gasteiger partial charge in [-0.05, 0) is 19.4 Å². The molecule has 0 radical (unpaired) electrons. The number of fused-ring (bicyclic) bond motifs is 3. The Bertz CT molecular complexity index is 403. The van der Waals surface area contributed by atoms with Crippen LogP contribution in [-0.2, 0) is 9.59 Å². The molecule has 0 unspecified atom stereocenters. The largest absolute Gasteiger partial charge is 0.477 e. The van der Waals surface area contributed by atoms with Crippen LogP contribution in [0.4, 0.5) is 0 Å². The van der Waals surface area contributed by atoms with Crippen LogP contribution in [0.2, 0.25) is 0 Å². The fourth-order valence-electron chi connectivity index (χ4n) is 3.92. The van der Waals surface area contributed by atoms with Crippen molar-refractivity contribution in [3.8, 4) is 0 Å². The number of unbranched alkanes of at least 4 members (excludes halogenated alkanes) is 3. The first-order chi connectivity index (χ1) is 11.0. The molecular weight excluding hydrogens is 296 g/mol. The minimum atomic E-state index is -0.709. The average Bonchev–Trinajstić information content (AvgIpc) is 2.52. The van der Waals surface area contributed by atoms with Gasteiger partial charge in [-0.3, -0.25) is 4.79 Å². The predicted molar refractivity (Wildman–Crippen MR) is 87.6 cm³/mol. The van der Waals surface area contributed by atoms with Gasteiger partial charge in [0.15, 0.2) is 13.1 Å². The number of piperazine rings is 3. The van der Waals surface area contributed by atoms with Crippen LogP contribution in [0, 0.1) is 0 Å². The zero-order valence-electron chi connectivity index (χ0n) is 14.1. The highest BCUT2D eigenvalue weighted by molar-refractivity contribution is 5.77. The first-order valence-corrected chi connectivity index (χ1v) is 8.88. The van der Waals surface area contributed by atoms with E-state index in [0.29, 0.717) is 11.0 Å². The van der Waals surface area contributed by atoms with E-state index in [-0.39, 0.29) is 12.5 Å². The second kappa shape index (κ2) is 8.08. The van der Waals surface area contributed by atoms with E-state index in [4.69, 9.17) is 10.8 Å². The Kier molecular flexibility index (Phi) is 6.38. The highest BCUT2D eigenvalue weighted by atomic mass is 16.4. The highest BCUT2D eigenvalue weighted by Gasteiger charge is 2.50. The van der Waals surface area contributed by atoms with Crippen molar-refractivity contribution in [1.82, 2.24) is 5.32 Å². The van der Waals surface area contributed by atoms with Gasteiger partial charge in [0.25, 0.3) is 5.91 Å². The van der Waals surface area contributed by atoms with Gasteiger partial charge >= 0.3 is 5.97 Å². The molecule has 0 aliphatic carbocycles. The standard InChI is InChI=1S/C16H30N4O3/c17-5-3-1-2-4-6-18-15(21)13-19-7-10-20(11-8-19,12-9-19)14-16(22)23/h1-14,17H2/p+2. The van der Waals surface area contributed by atoms with Crippen LogP contribution in [0.1, 0.15) is 25.7 Å². The Morgan fingerprint density at radius 3 is 1.91 bits per heavy atom. The minimum absolute atomic E-state index is 0.143. The van der Waals surface area contributed by atoms with Crippen LogP contribution in [0.3, 0.4) is 0 Å². The molecule has 23 heavy (non-hydrogen) atoms. The van der Waals surface area contributed by atoms with E-state index in [2.05, 4.69) is 5.32 Å². The van der Waals surface area contributed by atoms with Crippen molar-refractivity contribution < 1.29 is 23.7 Å². The molecule has 0 saturated carbocycles. The Balaban J connectivity index is 1.68. The third-order valence-electron chi connectivity index (χ3n) is 5.55. The molecule has 7 nitrogen and oxygen atoms in total. The Labute approximate surface area is 138 Å². The summed E-state index contributed by atoms with van der Waals surface area (Å²) in [6, 6.07) is 0. The molecule has 0 atom stereocenters. The monoisotopic (exact) mass is 328 g/mol. The molecule has 0 aromatic heterocycles. The maximum absolute atomic E-state index is 12.2. The predicted octanol–water partition coefficient (Wildman–Crippen LogP) is -0.633. The molecule has 3 aliphatic heterocycles. The molecule has 132 valence electrons. The second-order valence-corrected chi connectivity index (χ2v) is 7.29. The first kappa shape index (κ1) is 18.2. The van der Waals surface area contributed by atoms with Gasteiger partial charge in [0, 0.05) is 6.54 Å². The van der Waals surface area contributed by atoms with E-state index in [9.17, 15) is 9.59 Å². The van der Waals surface area contributed by atoms with Gasteiger partial charge in [0.2, 0.25) is 0 Å². The number of carboxylic acid groups (broad SMARTS) is 1. The topological polar surface area (TPSA) is 92.4 Å². The SMILES string of the molecule is NCCCCCCNC(=O)C[N+]12CC[N+](CC(=O)O)(CC1)CC2. The number of hydrogen-bond acceptors (Lipinski definition) is 3. The van der Waals surface area contributed by atoms with Crippen molar-refractivity contribution in [3.63, 3.8) is 0 Å². The Morgan fingerprint density at radius 2 is 1.39 bits per heavy atom. The van der Waals surface area contributed by atoms with Crippen molar-refractivity contribution in [2.24, 2.45) is 5.73 Å². The number of carbonyl (C=O) groups is 2. The van der Waals surface area contributed by atoms with Crippen molar-refractivity contribution in [3.05, 3.63) is 0 Å². The fourth-order valence-corrected chi connectivity index (χ4v) is 3.92. The van der Waals surface area contributed by atoms with E-state index in [1.165, 1.54) is 0 Å². The zero-order chi connectivity index (χ0) is 16.8. The normalized spacial score (nSPS) is 29.4. The van der Waals surface area contributed by atoms with Crippen molar-refractivity contribution in [1.29, 1.82) is 0 Å². The molecular formula is C16H32N4O3+2. The van der Waals surface area contributed by atoms with Gasteiger partial charge in [-0.15, -0.1) is 0 Å². The first-order valence-electron chi connectivity index (χ1n) is 8.88. The van der Waals surface area contributed by atoms with E-state index in [0.717, 1.165) is 82.5 Å². The molecule has 3 saturated heterocycles. The second-order valence-electron chi connectivity index (χ2n) is 7.29. The third kappa shape index (κ3) is 5.16. The van der Waals surface area contributed by atoms with Crippen molar-refractivity contribution in [2.75, 3.05) is 65.4 Å². The lowest BCUT2D eigenvalue weighted by atomic mass is 10.1. The van der Waals surface area contributed by atoms with Crippen LogP contribution in [0.5, 0.6) is 0 Å². The lowest BCUT2D eigenvalue weighted by molar-refractivity contribution is -1.07. The van der Waals surface area contributed by atoms with Gasteiger partial charge in [0.1, 0.15) is 39.3 Å². The van der Waals surface area contributed by atoms with Crippen LogP contribution >= 0.6 is 0 Å². The number of nitrogens with zero attached hydrogens (tertiary/aromatic N) is 2. The van der Waals surface area contributed by atoms with Crippen LogP contribution in [0.15, 0.2) is 0 Å². The summed E-state index contributed by atoms with van der Waals surface area (Å²) in [7, 11) is 0. The molecule has 3 heterocycles. The van der Waals surface area contributed by atoms with E-state index >= 15 is 0 Å². The van der Waals surface area contributed by atoms with E-state index in [1.807, 2.05) is 0 Å². The maximum atomic E-state index is 12.2. The summed E-state index contributed by atoms with van der Waals surface area (Å²) in [5.74, 6) is -0.566. The smallest absolute Gasteiger partial charge is 0.359 e. The molecule has 0 aromatic rings. The third-order valence-corrected chi connectivity index (χ3v) is 5.55. The Morgan fingerprint density at radius 1 is 0.870 bits per heavy atom. The fraction of sp³-hybridized carbons (Fsp3) is 0.875. The van der Waals surface area contributed by atoms with Gasteiger partial charge in [0.05, 0.1) is 0 Å². The van der Waals surface area contributed by atoms with Crippen molar-refractivity contribution in [2.45, 2.75) is 25.7 Å². The molecule has 1 amide bonds. The summed E-state index contributed by atoms with van der Waals surface area (Å²) in [5, 5.41) is 12.1. The number of carbonyl (C=O) groups excluding carboxylic acids is 1. The van der Waals surface area contributed by atoms with Crippen LogP contribution < -0.4 is 11.1 Å². The summed E-state index contributed by atoms with van der Waals surface area (Å²) in [5.41, 5.74) is 5.46. The Hall–Kier alpha value is -1.18. The van der Waals surface area contributed by atoms with Gasteiger partial charge < -0.3 is 25.1 Å². The summed E-state index contributed by atoms with van der Waals surface area (Å²) in [4.78, 5) is 23.2. The molecule has 0 spiro atoms. The lowest BCUT2D eigenvalue weighted by Crippen LogP contribution is -2.76. The van der Waals surface area contributed by atoms with E-state index in [1.54, 1.807) is 0 Å². The van der Waals surface area contributed by atoms with Gasteiger partial charge in [-0.25, -0.2) is 4.79 Å². The summed E-state index contributed by atoms with van der Waals surface area (Å²) >= 11 is 0. The quantitative estimate of drug-likeness (QED) is 0.368. The maximum Gasteiger partial charge on any atom is 0.359 e. The molecule has 3 fully saturated rings. The van der Waals surface area contributed by atoms with Crippen LogP contribution in [0.25, 0.3) is 0 Å². The number of hydrogen-bond donors (Lipinski definition) is 3. The van der Waals surface area contributed by atoms with Gasteiger partial charge in [-0.1, -0.05) is 12.8 Å². The molecule has 7 heteroatoms. The summed E-state index contributed by atoms with van der Waals surface area (Å²) in [6.45, 7) is 7.73. The number of nitrogens with two attached hydrogens (primary N) is 1. The molecule has 0 aromatic carbocycles. The summed E-state index contributed by atoms with van der Waals surface area (Å²) in [6.07, 6.45) is 4.33. The minimum Gasteiger partial charge on any atom is -0.477 e. The molecule has 3 rings (SSSR count). The number of aliphatic carboxylic acids is 1. The van der Waals surface area contributed by atoms with Crippen molar-refractivity contribution >= 4 is 11.9 Å². The number of carboxylic acids is 1. The number of rotatable bonds is 10. The lowest BCUT2D eigenvalue weighted by Gasteiger charge is -2.54. The molecule has 3 aliphatic rings. The summed E-state index contributed by atoms with van der Waals surface area (Å²) < 4.78 is 1.55. The average molecular weight is 328 g/mol. The molecule has 2 bridgehead atoms. The number of quaternary nitrogens is 2. The van der Waals surface area contributed by atoms with E-state index < -0.39 is 5.97 Å². The zero-order valence-corrected chi connectivity index (χ0v) is 14.1. The highest BCUT2D eigenvalue weighted by Crippen LogP contribution is 2.26. The number of nitrogens with one attached hydrogen (secondary N) is 1. The molecule has 4 N–H and O–H groups in total. The van der Waals surface area contributed by atoms with Crippen LogP contribution in [-0.4, -0.2) is 91.4 Å². The number of amides is 1.